The molecule has 0 nitrogen and oxygen atoms in total. The molecule has 0 aromatic carbocycles. The van der Waals surface area contributed by atoms with E-state index in [4.69, 9.17) is 0 Å². The van der Waals surface area contributed by atoms with Crippen molar-refractivity contribution in [2.75, 3.05) is 0 Å². The second-order valence-electron chi connectivity index (χ2n) is 1.97. The lowest BCUT2D eigenvalue weighted by Crippen LogP contribution is -1.89. The van der Waals surface area contributed by atoms with E-state index in [1.165, 1.54) is 12.8 Å². The quantitative estimate of drug-likeness (QED) is 0.620. The van der Waals surface area contributed by atoms with Gasteiger partial charge in [0.15, 0.2) is 0 Å². The fourth-order valence-electron chi connectivity index (χ4n) is 0.719. The standard InChI is InChI=1S/C7H11S2/c1-2-3-4-7-8-5-6-9-7/h5-7H,1-4H2. The smallest absolute Gasteiger partial charge is 0.0585 e. The average Bonchev–Trinajstić information content (AvgIpc) is 2.34. The van der Waals surface area contributed by atoms with Gasteiger partial charge in [0.1, 0.15) is 0 Å². The summed E-state index contributed by atoms with van der Waals surface area (Å²) in [6.45, 7) is 3.81. The first-order valence-electron chi connectivity index (χ1n) is 3.18. The molecular weight excluding hydrogens is 148 g/mol. The summed E-state index contributed by atoms with van der Waals surface area (Å²) in [5.41, 5.74) is 0. The largest absolute Gasteiger partial charge is 0.119 e. The van der Waals surface area contributed by atoms with Crippen LogP contribution < -0.4 is 0 Å². The third-order valence-electron chi connectivity index (χ3n) is 1.21. The molecule has 1 radical (unpaired) electrons. The van der Waals surface area contributed by atoms with Crippen LogP contribution in [0, 0.1) is 6.92 Å². The summed E-state index contributed by atoms with van der Waals surface area (Å²) in [6.07, 6.45) is 3.66. The van der Waals surface area contributed by atoms with Crippen LogP contribution in [0.4, 0.5) is 0 Å². The summed E-state index contributed by atoms with van der Waals surface area (Å²) < 4.78 is 0.798. The normalized spacial score (nSPS) is 19.2. The van der Waals surface area contributed by atoms with Gasteiger partial charge in [-0.15, -0.1) is 23.5 Å². The van der Waals surface area contributed by atoms with Gasteiger partial charge < -0.3 is 0 Å². The van der Waals surface area contributed by atoms with E-state index in [0.717, 1.165) is 11.0 Å². The van der Waals surface area contributed by atoms with Gasteiger partial charge in [0.2, 0.25) is 0 Å². The summed E-state index contributed by atoms with van der Waals surface area (Å²) in [6, 6.07) is 0. The maximum absolute atomic E-state index is 3.81. The molecule has 0 N–H and O–H groups in total. The Bertz CT molecular complexity index is 91.1. The molecule has 0 saturated heterocycles. The number of hydrogen-bond acceptors (Lipinski definition) is 2. The van der Waals surface area contributed by atoms with E-state index in [1.54, 1.807) is 0 Å². The van der Waals surface area contributed by atoms with Crippen LogP contribution in [0.15, 0.2) is 10.8 Å². The van der Waals surface area contributed by atoms with Gasteiger partial charge in [0.25, 0.3) is 0 Å². The molecule has 51 valence electrons. The van der Waals surface area contributed by atoms with Crippen molar-refractivity contribution in [2.24, 2.45) is 0 Å². The zero-order valence-electron chi connectivity index (χ0n) is 5.38. The summed E-state index contributed by atoms with van der Waals surface area (Å²) in [5, 5.41) is 4.36. The Hall–Kier alpha value is 0.440. The predicted octanol–water partition coefficient (Wildman–Crippen LogP) is 3.27. The second-order valence-corrected chi connectivity index (χ2v) is 4.49. The SMILES string of the molecule is [CH2]CCCC1SC=CS1. The Morgan fingerprint density at radius 3 is 2.56 bits per heavy atom. The zero-order valence-corrected chi connectivity index (χ0v) is 7.01. The van der Waals surface area contributed by atoms with Crippen molar-refractivity contribution in [1.29, 1.82) is 0 Å². The molecule has 1 heterocycles. The molecule has 0 amide bonds. The third-order valence-corrected chi connectivity index (χ3v) is 3.71. The van der Waals surface area contributed by atoms with Gasteiger partial charge in [0, 0.05) is 0 Å². The highest BCUT2D eigenvalue weighted by molar-refractivity contribution is 8.22. The molecule has 0 fully saturated rings. The van der Waals surface area contributed by atoms with Gasteiger partial charge in [0.05, 0.1) is 4.58 Å². The monoisotopic (exact) mass is 159 g/mol. The lowest BCUT2D eigenvalue weighted by atomic mass is 10.3. The van der Waals surface area contributed by atoms with Gasteiger partial charge in [-0.05, 0) is 17.2 Å². The summed E-state index contributed by atoms with van der Waals surface area (Å²) >= 11 is 3.87. The van der Waals surface area contributed by atoms with Crippen LogP contribution >= 0.6 is 23.5 Å². The molecule has 1 aliphatic rings. The van der Waals surface area contributed by atoms with Crippen molar-refractivity contribution >= 4 is 23.5 Å². The third kappa shape index (κ3) is 2.67. The molecule has 9 heavy (non-hydrogen) atoms. The topological polar surface area (TPSA) is 0 Å². The van der Waals surface area contributed by atoms with Crippen LogP contribution in [0.3, 0.4) is 0 Å². The number of thioether (sulfide) groups is 2. The Kier molecular flexibility index (Phi) is 3.59. The van der Waals surface area contributed by atoms with E-state index in [9.17, 15) is 0 Å². The first kappa shape index (κ1) is 7.55. The highest BCUT2D eigenvalue weighted by atomic mass is 32.2. The summed E-state index contributed by atoms with van der Waals surface area (Å²) in [4.78, 5) is 0. The van der Waals surface area contributed by atoms with Crippen LogP contribution in [0.2, 0.25) is 0 Å². The van der Waals surface area contributed by atoms with Crippen LogP contribution in [-0.4, -0.2) is 4.58 Å². The van der Waals surface area contributed by atoms with Crippen molar-refractivity contribution in [3.8, 4) is 0 Å². The van der Waals surface area contributed by atoms with Gasteiger partial charge >= 0.3 is 0 Å². The highest BCUT2D eigenvalue weighted by Gasteiger charge is 2.09. The van der Waals surface area contributed by atoms with Crippen molar-refractivity contribution in [3.05, 3.63) is 17.7 Å². The van der Waals surface area contributed by atoms with Crippen molar-refractivity contribution in [2.45, 2.75) is 23.8 Å². The Labute approximate surface area is 65.5 Å². The van der Waals surface area contributed by atoms with E-state index in [1.807, 2.05) is 23.5 Å². The van der Waals surface area contributed by atoms with E-state index in [2.05, 4.69) is 17.7 Å². The zero-order chi connectivity index (χ0) is 6.53. The maximum Gasteiger partial charge on any atom is 0.0585 e. The van der Waals surface area contributed by atoms with Gasteiger partial charge in [-0.25, -0.2) is 0 Å². The van der Waals surface area contributed by atoms with Gasteiger partial charge in [-0.2, -0.15) is 0 Å². The van der Waals surface area contributed by atoms with Gasteiger partial charge in [-0.1, -0.05) is 19.8 Å². The molecule has 0 saturated carbocycles. The number of rotatable bonds is 3. The molecule has 0 unspecified atom stereocenters. The molecule has 0 aromatic rings. The van der Waals surface area contributed by atoms with E-state index < -0.39 is 0 Å². The molecule has 0 atom stereocenters. The molecular formula is C7H11S2. The molecule has 0 bridgehead atoms. The fourth-order valence-corrected chi connectivity index (χ4v) is 2.83. The maximum atomic E-state index is 3.81. The Morgan fingerprint density at radius 1 is 1.33 bits per heavy atom. The van der Waals surface area contributed by atoms with E-state index >= 15 is 0 Å². The minimum absolute atomic E-state index is 0.798. The van der Waals surface area contributed by atoms with E-state index in [0.29, 0.717) is 0 Å². The average molecular weight is 159 g/mol. The molecule has 0 aromatic heterocycles. The van der Waals surface area contributed by atoms with Crippen molar-refractivity contribution in [1.82, 2.24) is 0 Å². The molecule has 0 spiro atoms. The lowest BCUT2D eigenvalue weighted by Gasteiger charge is -2.04. The van der Waals surface area contributed by atoms with Crippen LogP contribution in [0.1, 0.15) is 19.3 Å². The van der Waals surface area contributed by atoms with Crippen molar-refractivity contribution in [3.63, 3.8) is 0 Å². The lowest BCUT2D eigenvalue weighted by molar-refractivity contribution is 0.804. The minimum atomic E-state index is 0.798. The molecule has 2 heteroatoms. The highest BCUT2D eigenvalue weighted by Crippen LogP contribution is 2.36. The summed E-state index contributed by atoms with van der Waals surface area (Å²) in [7, 11) is 0. The minimum Gasteiger partial charge on any atom is -0.119 e. The van der Waals surface area contributed by atoms with Crippen LogP contribution in [0.25, 0.3) is 0 Å². The number of hydrogen-bond donors (Lipinski definition) is 0. The van der Waals surface area contributed by atoms with Crippen LogP contribution in [-0.2, 0) is 0 Å². The number of unbranched alkanes of at least 4 members (excludes halogenated alkanes) is 1. The van der Waals surface area contributed by atoms with Gasteiger partial charge in [-0.3, -0.25) is 0 Å². The second kappa shape index (κ2) is 4.29. The Balaban J connectivity index is 2.01. The molecule has 1 rings (SSSR count). The summed E-state index contributed by atoms with van der Waals surface area (Å²) in [5.74, 6) is 0. The van der Waals surface area contributed by atoms with E-state index in [-0.39, 0.29) is 0 Å². The molecule has 0 aliphatic carbocycles. The van der Waals surface area contributed by atoms with Crippen LogP contribution in [0.5, 0.6) is 0 Å². The first-order chi connectivity index (χ1) is 4.43. The fraction of sp³-hybridized carbons (Fsp3) is 0.571. The Morgan fingerprint density at radius 2 is 2.00 bits per heavy atom. The molecule has 1 aliphatic heterocycles. The predicted molar refractivity (Wildman–Crippen MR) is 47.3 cm³/mol. The van der Waals surface area contributed by atoms with Crippen molar-refractivity contribution < 1.29 is 0 Å². The first-order valence-corrected chi connectivity index (χ1v) is 5.07.